The summed E-state index contributed by atoms with van der Waals surface area (Å²) in [6, 6.07) is 187. The third-order valence-corrected chi connectivity index (χ3v) is 25.2. The first-order valence-corrected chi connectivity index (χ1v) is 47.3. The van der Waals surface area contributed by atoms with Gasteiger partial charge in [-0.1, -0.05) is 305 Å². The Kier molecular flexibility index (Phi) is 27.8. The molecule has 0 radical (unpaired) electrons. The van der Waals surface area contributed by atoms with E-state index in [1.165, 1.54) is 53.9 Å². The predicted molar refractivity (Wildman–Crippen MR) is 584 cm³/mol. The normalized spacial score (nSPS) is 10.9. The quantitative estimate of drug-likeness (QED) is 0.0499. The minimum atomic E-state index is 0. The van der Waals surface area contributed by atoms with Gasteiger partial charge in [0, 0.05) is 142 Å². The molecule has 0 fully saturated rings. The number of rotatable bonds is 23. The maximum Gasteiger partial charge on any atom is 1.00 e. The Labute approximate surface area is 864 Å². The number of nitrogens with one attached hydrogen (secondary N) is 1. The van der Waals surface area contributed by atoms with Crippen molar-refractivity contribution in [3.8, 4) is 34.5 Å². The zero-order chi connectivity index (χ0) is 92.0. The van der Waals surface area contributed by atoms with Gasteiger partial charge in [-0.3, -0.25) is 0 Å². The van der Waals surface area contributed by atoms with Crippen molar-refractivity contribution >= 4 is 193 Å². The average Bonchev–Trinajstić information content (AvgIpc) is 0.744. The molecule has 23 rings (SSSR count). The van der Waals surface area contributed by atoms with E-state index in [2.05, 4.69) is 474 Å². The number of hydrogen-bond acceptors (Lipinski definition) is 9. The van der Waals surface area contributed by atoms with E-state index in [1.807, 2.05) is 127 Å². The summed E-state index contributed by atoms with van der Waals surface area (Å²) < 4.78 is 22.1. The van der Waals surface area contributed by atoms with Crippen molar-refractivity contribution in [2.75, 3.05) is 29.8 Å². The Bertz CT molecular complexity index is 7670. The van der Waals surface area contributed by atoms with E-state index in [1.54, 1.807) is 0 Å². The van der Waals surface area contributed by atoms with Gasteiger partial charge in [0.2, 0.25) is 0 Å². The van der Waals surface area contributed by atoms with Crippen LogP contribution < -0.4 is 95.4 Å². The van der Waals surface area contributed by atoms with Crippen LogP contribution in [0.15, 0.2) is 549 Å². The maximum absolute atomic E-state index is 6.80. The van der Waals surface area contributed by atoms with Gasteiger partial charge in [0.15, 0.2) is 0 Å². The van der Waals surface area contributed by atoms with E-state index in [0.717, 1.165) is 151 Å². The van der Waals surface area contributed by atoms with Gasteiger partial charge in [-0.05, 0) is 295 Å². The van der Waals surface area contributed by atoms with Gasteiger partial charge in [0.05, 0.1) is 0 Å². The SMILES string of the molecule is Brc1ccc2c3ccccc3c3ccc(Br)cc3c2c1.[H-].[K+].c1ccc(N(c2ccccc2)c2cccc(Oc3cccc(N(c4ccccc4)c4ccc5c6ccccc6c6ccc(N(c7ccccc7)c7cccc(Oc8cccc(N(c9ccccc9)c9ccccc9)c8)c7)cc6c5c4)c3)c2)cc1.c1ccc(Nc2cccc(Oc3cccc(N(c4ccccc4)c4ccccc4)c3)c2)cc1. The molecular weight excluding hydrogens is 1840 g/mol. The number of ether oxygens (including phenoxy) is 3. The molecule has 658 valence electrons. The Balaban J connectivity index is 0.000000181. The van der Waals surface area contributed by atoms with E-state index in [4.69, 9.17) is 14.2 Å². The van der Waals surface area contributed by atoms with Gasteiger partial charge in [-0.15, -0.1) is 0 Å². The second-order valence-corrected chi connectivity index (χ2v) is 34.9. The molecule has 0 aliphatic heterocycles. The van der Waals surface area contributed by atoms with Crippen molar-refractivity contribution in [1.29, 1.82) is 0 Å². The van der Waals surface area contributed by atoms with Gasteiger partial charge in [-0.2, -0.15) is 0 Å². The van der Waals surface area contributed by atoms with Gasteiger partial charge in [-0.25, -0.2) is 0 Å². The Hall–Kier alpha value is -15.6. The molecule has 1 N–H and O–H groups in total. The molecule has 0 aliphatic carbocycles. The van der Waals surface area contributed by atoms with Crippen LogP contribution >= 0.6 is 31.9 Å². The summed E-state index contributed by atoms with van der Waals surface area (Å²) in [7, 11) is 0. The fourth-order valence-corrected chi connectivity index (χ4v) is 18.9. The number of hydrogen-bond donors (Lipinski definition) is 1. The molecule has 138 heavy (non-hydrogen) atoms. The summed E-state index contributed by atoms with van der Waals surface area (Å²) >= 11 is 7.18. The van der Waals surface area contributed by atoms with Crippen LogP contribution in [0, 0.1) is 0 Å². The van der Waals surface area contributed by atoms with Crippen LogP contribution in [0.4, 0.5) is 96.7 Å². The Morgan fingerprint density at radius 3 is 0.587 bits per heavy atom. The van der Waals surface area contributed by atoms with Crippen LogP contribution in [0.5, 0.6) is 34.5 Å². The molecule has 23 aromatic carbocycles. The van der Waals surface area contributed by atoms with E-state index < -0.39 is 0 Å². The summed E-state index contributed by atoms with van der Waals surface area (Å²) in [6.45, 7) is 0. The van der Waals surface area contributed by atoms with E-state index >= 15 is 0 Å². The molecule has 0 bridgehead atoms. The molecule has 0 heterocycles. The van der Waals surface area contributed by atoms with E-state index in [9.17, 15) is 0 Å². The predicted octanol–water partition coefficient (Wildman–Crippen LogP) is 35.1. The second-order valence-electron chi connectivity index (χ2n) is 33.1. The minimum absolute atomic E-state index is 0. The van der Waals surface area contributed by atoms with Crippen LogP contribution in [0.1, 0.15) is 1.43 Å². The molecular formula is C126H91Br2KN6O3. The first-order valence-electron chi connectivity index (χ1n) is 45.7. The van der Waals surface area contributed by atoms with Gasteiger partial charge < -0.3 is 45.5 Å². The fourth-order valence-electron chi connectivity index (χ4n) is 18.1. The van der Waals surface area contributed by atoms with E-state index in [0.29, 0.717) is 0 Å². The first-order chi connectivity index (χ1) is 67.7. The summed E-state index contributed by atoms with van der Waals surface area (Å²) in [5.41, 5.74) is 17.5. The molecule has 23 aromatic rings. The molecule has 0 spiro atoms. The van der Waals surface area contributed by atoms with Crippen LogP contribution in [0.25, 0.3) is 64.6 Å². The summed E-state index contributed by atoms with van der Waals surface area (Å²) in [5.74, 6) is 4.47. The van der Waals surface area contributed by atoms with Crippen molar-refractivity contribution in [3.05, 3.63) is 549 Å². The van der Waals surface area contributed by atoms with Crippen molar-refractivity contribution in [1.82, 2.24) is 0 Å². The Morgan fingerprint density at radius 2 is 0.326 bits per heavy atom. The third kappa shape index (κ3) is 20.4. The average molecular weight is 1940 g/mol. The summed E-state index contributed by atoms with van der Waals surface area (Å²) in [4.78, 5) is 11.4. The number of anilines is 17. The van der Waals surface area contributed by atoms with Crippen molar-refractivity contribution in [2.45, 2.75) is 0 Å². The van der Waals surface area contributed by atoms with Gasteiger partial charge in [0.25, 0.3) is 0 Å². The minimum Gasteiger partial charge on any atom is -1.00 e. The number of benzene rings is 23. The Morgan fingerprint density at radius 1 is 0.145 bits per heavy atom. The first kappa shape index (κ1) is 90.2. The van der Waals surface area contributed by atoms with Crippen LogP contribution in [0.2, 0.25) is 0 Å². The maximum atomic E-state index is 6.80. The van der Waals surface area contributed by atoms with Crippen LogP contribution in [-0.2, 0) is 0 Å². The molecule has 0 atom stereocenters. The molecule has 9 nitrogen and oxygen atoms in total. The second kappa shape index (κ2) is 42.5. The topological polar surface area (TPSA) is 55.9 Å². The molecule has 0 saturated carbocycles. The van der Waals surface area contributed by atoms with Crippen molar-refractivity contribution < 1.29 is 67.0 Å². The third-order valence-electron chi connectivity index (χ3n) is 24.2. The molecule has 0 aromatic heterocycles. The largest absolute Gasteiger partial charge is 1.00 e. The molecule has 0 unspecified atom stereocenters. The number of halogens is 2. The summed E-state index contributed by atoms with van der Waals surface area (Å²) in [5, 5.41) is 18.2. The monoisotopic (exact) mass is 1930 g/mol. The van der Waals surface area contributed by atoms with Crippen LogP contribution in [-0.4, -0.2) is 0 Å². The van der Waals surface area contributed by atoms with Crippen LogP contribution in [0.3, 0.4) is 0 Å². The fraction of sp³-hybridized carbons (Fsp3) is 0. The molecule has 12 heteroatoms. The zero-order valence-corrected chi connectivity index (χ0v) is 81.9. The van der Waals surface area contributed by atoms with Crippen molar-refractivity contribution in [3.63, 3.8) is 0 Å². The molecule has 0 amide bonds. The summed E-state index contributed by atoms with van der Waals surface area (Å²) in [6.07, 6.45) is 0. The smallest absolute Gasteiger partial charge is 1.00 e. The van der Waals surface area contributed by atoms with Gasteiger partial charge >= 0.3 is 51.4 Å². The molecule has 0 saturated heterocycles. The van der Waals surface area contributed by atoms with Crippen molar-refractivity contribution in [2.24, 2.45) is 0 Å². The number of nitrogens with zero attached hydrogens (tertiary/aromatic N) is 5. The standard InChI is InChI=1S/C78H56N4O2.C30H24N2O.C18H10Br2.K.H/c1-7-25-57(26-8-1)79(58-27-9-2-10-28-58)63-37-21-41-69(51-63)83-71-43-23-39-65(53-71)81(61-33-15-5-16-34-61)67-47-49-75-73-45-19-20-46-74(73)76-50-48-68(56-78(76)77(75)55-67)82(62-35-17-6-18-36-62)66-40-24-44-72(54-66)84-70-42-22-38-64(52-70)80(59-29-11-3-12-30-59)60-31-13-4-14-32-60;1-4-12-24(13-5-1)31-25-14-10-20-29(22-25)33-30-21-11-19-28(23-30)32(26-15-6-2-7-16-26)27-17-8-3-9-18-27;19-11-5-7-15-13-3-1-2-4-14(13)16-8-6-12(20)10-18(16)17(15)9-11;;/h1-56H;1-23,31H;1-10H;;/q;;;+1;-1. The number of para-hydroxylation sites is 9. The van der Waals surface area contributed by atoms with Gasteiger partial charge in [0.1, 0.15) is 34.5 Å². The zero-order valence-electron chi connectivity index (χ0n) is 76.6. The number of fused-ring (bicyclic) bond motifs is 12. The van der Waals surface area contributed by atoms with E-state index in [-0.39, 0.29) is 52.8 Å². The molecule has 0 aliphatic rings.